The fourth-order valence-electron chi connectivity index (χ4n) is 4.34. The van der Waals surface area contributed by atoms with Gasteiger partial charge in [0.25, 0.3) is 5.91 Å². The number of likely N-dealkylation sites (tertiary alicyclic amines) is 1. The van der Waals surface area contributed by atoms with Gasteiger partial charge in [-0.1, -0.05) is 0 Å². The fourth-order valence-corrected chi connectivity index (χ4v) is 4.34. The Morgan fingerprint density at radius 3 is 2.57 bits per heavy atom. The molecule has 0 bridgehead atoms. The number of ketones is 1. The van der Waals surface area contributed by atoms with Crippen LogP contribution in [0.15, 0.2) is 42.5 Å². The van der Waals surface area contributed by atoms with E-state index in [1.54, 1.807) is 55.3 Å². The van der Waals surface area contributed by atoms with Gasteiger partial charge in [0.1, 0.15) is 23.8 Å². The average molecular weight is 511 g/mol. The first-order valence-electron chi connectivity index (χ1n) is 12.2. The van der Waals surface area contributed by atoms with Gasteiger partial charge >= 0.3 is 5.97 Å². The topological polar surface area (TPSA) is 112 Å². The number of hydrogen-bond acceptors (Lipinski definition) is 8. The summed E-state index contributed by atoms with van der Waals surface area (Å²) in [6.07, 6.45) is 1.34. The molecule has 2 amide bonds. The zero-order chi connectivity index (χ0) is 26.4. The van der Waals surface area contributed by atoms with E-state index in [0.29, 0.717) is 47.9 Å². The average Bonchev–Trinajstić information content (AvgIpc) is 2.93. The Balaban J connectivity index is 1.44. The lowest BCUT2D eigenvalue weighted by atomic mass is 9.98. The van der Waals surface area contributed by atoms with E-state index in [2.05, 4.69) is 0 Å². The molecule has 2 aliphatic heterocycles. The number of fused-ring (bicyclic) bond motifs is 1. The van der Waals surface area contributed by atoms with Gasteiger partial charge in [-0.15, -0.1) is 0 Å². The van der Waals surface area contributed by atoms with Crippen molar-refractivity contribution in [3.63, 3.8) is 0 Å². The summed E-state index contributed by atoms with van der Waals surface area (Å²) in [6.45, 7) is 2.15. The molecule has 1 fully saturated rings. The molecular weight excluding hydrogens is 480 g/mol. The SMILES string of the molecule is CCOC(=O)C1CCCN(C(=O)CN2C(=O)COc3ccc(C(=O)COc4ccc(OC)cc4)cc32)C1. The number of esters is 1. The first-order chi connectivity index (χ1) is 17.9. The van der Waals surface area contributed by atoms with Gasteiger partial charge in [-0.05, 0) is 62.2 Å². The van der Waals surface area contributed by atoms with Gasteiger partial charge in [-0.3, -0.25) is 24.1 Å². The number of Topliss-reactive ketones (excluding diaryl/α,β-unsaturated/α-hetero) is 1. The Kier molecular flexibility index (Phi) is 8.27. The molecule has 0 radical (unpaired) electrons. The maximum Gasteiger partial charge on any atom is 0.310 e. The molecule has 196 valence electrons. The number of carbonyl (C=O) groups excluding carboxylic acids is 4. The third-order valence-electron chi connectivity index (χ3n) is 6.34. The predicted molar refractivity (Wildman–Crippen MR) is 133 cm³/mol. The van der Waals surface area contributed by atoms with Crippen molar-refractivity contribution in [1.82, 2.24) is 4.90 Å². The van der Waals surface area contributed by atoms with Crippen LogP contribution in [0.3, 0.4) is 0 Å². The zero-order valence-electron chi connectivity index (χ0n) is 20.9. The van der Waals surface area contributed by atoms with E-state index in [4.69, 9.17) is 18.9 Å². The molecule has 2 aliphatic rings. The summed E-state index contributed by atoms with van der Waals surface area (Å²) < 4.78 is 21.3. The van der Waals surface area contributed by atoms with Crippen LogP contribution in [-0.4, -0.2) is 75.0 Å². The van der Waals surface area contributed by atoms with Gasteiger partial charge in [0, 0.05) is 18.7 Å². The number of carbonyl (C=O) groups is 4. The molecule has 4 rings (SSSR count). The third kappa shape index (κ3) is 6.19. The van der Waals surface area contributed by atoms with E-state index in [0.717, 1.165) is 0 Å². The van der Waals surface area contributed by atoms with Crippen molar-refractivity contribution in [2.75, 3.05) is 51.5 Å². The summed E-state index contributed by atoms with van der Waals surface area (Å²) in [7, 11) is 1.56. The van der Waals surface area contributed by atoms with Gasteiger partial charge < -0.3 is 23.8 Å². The molecule has 0 aliphatic carbocycles. The number of ether oxygens (including phenoxy) is 4. The summed E-state index contributed by atoms with van der Waals surface area (Å²) in [5.41, 5.74) is 0.669. The molecule has 2 heterocycles. The van der Waals surface area contributed by atoms with Crippen LogP contribution >= 0.6 is 0 Å². The molecule has 1 unspecified atom stereocenters. The normalized spacial score (nSPS) is 16.9. The highest BCUT2D eigenvalue weighted by molar-refractivity contribution is 6.04. The lowest BCUT2D eigenvalue weighted by Gasteiger charge is -2.34. The number of hydrogen-bond donors (Lipinski definition) is 0. The van der Waals surface area contributed by atoms with Crippen LogP contribution < -0.4 is 19.1 Å². The smallest absolute Gasteiger partial charge is 0.310 e. The molecule has 2 aromatic carbocycles. The third-order valence-corrected chi connectivity index (χ3v) is 6.34. The predicted octanol–water partition coefficient (Wildman–Crippen LogP) is 2.48. The summed E-state index contributed by atoms with van der Waals surface area (Å²) >= 11 is 0. The molecule has 0 aromatic heterocycles. The number of nitrogens with zero attached hydrogens (tertiary/aromatic N) is 2. The summed E-state index contributed by atoms with van der Waals surface area (Å²) in [5.74, 6) is -0.0601. The lowest BCUT2D eigenvalue weighted by molar-refractivity contribution is -0.151. The molecule has 1 saturated heterocycles. The van der Waals surface area contributed by atoms with Crippen molar-refractivity contribution in [1.29, 1.82) is 0 Å². The van der Waals surface area contributed by atoms with Gasteiger partial charge in [0.05, 0.1) is 25.3 Å². The van der Waals surface area contributed by atoms with Gasteiger partial charge in [0.15, 0.2) is 19.0 Å². The van der Waals surface area contributed by atoms with E-state index < -0.39 is 0 Å². The Morgan fingerprint density at radius 2 is 1.84 bits per heavy atom. The van der Waals surface area contributed by atoms with E-state index in [1.807, 2.05) is 0 Å². The molecule has 0 spiro atoms. The molecular formula is C27H30N2O8. The van der Waals surface area contributed by atoms with Gasteiger partial charge in [-0.2, -0.15) is 0 Å². The minimum absolute atomic E-state index is 0.206. The van der Waals surface area contributed by atoms with Crippen LogP contribution in [0, 0.1) is 5.92 Å². The maximum atomic E-state index is 13.1. The first-order valence-corrected chi connectivity index (χ1v) is 12.2. The molecule has 10 heteroatoms. The van der Waals surface area contributed by atoms with Crippen molar-refractivity contribution in [3.05, 3.63) is 48.0 Å². The van der Waals surface area contributed by atoms with Crippen LogP contribution in [0.4, 0.5) is 5.69 Å². The number of amides is 2. The first kappa shape index (κ1) is 26.0. The monoisotopic (exact) mass is 510 g/mol. The second-order valence-corrected chi connectivity index (χ2v) is 8.77. The minimum Gasteiger partial charge on any atom is -0.497 e. The molecule has 0 saturated carbocycles. The van der Waals surface area contributed by atoms with Crippen molar-refractivity contribution in [2.45, 2.75) is 19.8 Å². The molecule has 0 N–H and O–H groups in total. The number of methoxy groups -OCH3 is 1. The lowest BCUT2D eigenvalue weighted by Crippen LogP contribution is -2.49. The maximum absolute atomic E-state index is 13.1. The van der Waals surface area contributed by atoms with E-state index in [-0.39, 0.29) is 62.4 Å². The molecule has 37 heavy (non-hydrogen) atoms. The minimum atomic E-state index is -0.390. The van der Waals surface area contributed by atoms with Crippen molar-refractivity contribution < 1.29 is 38.1 Å². The molecule has 2 aromatic rings. The standard InChI is InChI=1S/C27H30N2O8/c1-3-35-27(33)19-5-4-12-28(14-19)25(31)15-29-22-13-18(6-11-24(22)37-17-26(29)32)23(30)16-36-21-9-7-20(34-2)8-10-21/h6-11,13,19H,3-5,12,14-17H2,1-2H3. The van der Waals surface area contributed by atoms with Gasteiger partial charge in [0.2, 0.25) is 5.91 Å². The van der Waals surface area contributed by atoms with Crippen molar-refractivity contribution in [3.8, 4) is 17.2 Å². The number of anilines is 1. The summed E-state index contributed by atoms with van der Waals surface area (Å²) in [5, 5.41) is 0. The Morgan fingerprint density at radius 1 is 1.08 bits per heavy atom. The van der Waals surface area contributed by atoms with Crippen molar-refractivity contribution in [2.24, 2.45) is 5.92 Å². The molecule has 1 atom stereocenters. The quantitative estimate of drug-likeness (QED) is 0.374. The van der Waals surface area contributed by atoms with E-state index >= 15 is 0 Å². The highest BCUT2D eigenvalue weighted by Gasteiger charge is 2.33. The number of rotatable bonds is 9. The summed E-state index contributed by atoms with van der Waals surface area (Å²) in [4.78, 5) is 53.7. The Hall–Kier alpha value is -4.08. The van der Waals surface area contributed by atoms with Gasteiger partial charge in [-0.25, -0.2) is 0 Å². The molecule has 10 nitrogen and oxygen atoms in total. The van der Waals surface area contributed by atoms with E-state index in [9.17, 15) is 19.2 Å². The van der Waals surface area contributed by atoms with Crippen LogP contribution in [0.25, 0.3) is 0 Å². The highest BCUT2D eigenvalue weighted by Crippen LogP contribution is 2.33. The van der Waals surface area contributed by atoms with Crippen LogP contribution in [0.1, 0.15) is 30.1 Å². The highest BCUT2D eigenvalue weighted by atomic mass is 16.5. The zero-order valence-corrected chi connectivity index (χ0v) is 20.9. The van der Waals surface area contributed by atoms with Crippen LogP contribution in [-0.2, 0) is 19.1 Å². The Labute approximate surface area is 215 Å². The largest absolute Gasteiger partial charge is 0.497 e. The van der Waals surface area contributed by atoms with E-state index in [1.165, 1.54) is 11.0 Å². The second-order valence-electron chi connectivity index (χ2n) is 8.77. The summed E-state index contributed by atoms with van der Waals surface area (Å²) in [6, 6.07) is 11.6. The van der Waals surface area contributed by atoms with Crippen molar-refractivity contribution >= 4 is 29.3 Å². The number of benzene rings is 2. The fraction of sp³-hybridized carbons (Fsp3) is 0.407. The number of piperidine rings is 1. The van der Waals surface area contributed by atoms with Crippen LogP contribution in [0.5, 0.6) is 17.2 Å². The Bertz CT molecular complexity index is 1160. The second kappa shape index (κ2) is 11.8. The van der Waals surface area contributed by atoms with Crippen LogP contribution in [0.2, 0.25) is 0 Å².